The molecule has 24 heavy (non-hydrogen) atoms. The molecule has 2 aromatic carbocycles. The highest BCUT2D eigenvalue weighted by molar-refractivity contribution is 5.94. The zero-order valence-electron chi connectivity index (χ0n) is 13.7. The fourth-order valence-electron chi connectivity index (χ4n) is 2.65. The van der Waals surface area contributed by atoms with Crippen molar-refractivity contribution in [2.24, 2.45) is 0 Å². The van der Waals surface area contributed by atoms with Crippen LogP contribution in [0.3, 0.4) is 0 Å². The fourth-order valence-corrected chi connectivity index (χ4v) is 2.65. The van der Waals surface area contributed by atoms with Crippen LogP contribution in [-0.4, -0.2) is 36.0 Å². The maximum atomic E-state index is 11.1. The van der Waals surface area contributed by atoms with Gasteiger partial charge >= 0.3 is 0 Å². The van der Waals surface area contributed by atoms with E-state index in [9.17, 15) is 10.1 Å². The van der Waals surface area contributed by atoms with Crippen LogP contribution in [0.15, 0.2) is 48.8 Å². The van der Waals surface area contributed by atoms with Gasteiger partial charge in [0.1, 0.15) is 12.1 Å². The Bertz CT molecular complexity index is 910. The second-order valence-electron chi connectivity index (χ2n) is 5.60. The number of anilines is 3. The Morgan fingerprint density at radius 2 is 1.71 bits per heavy atom. The van der Waals surface area contributed by atoms with E-state index in [0.717, 1.165) is 11.4 Å². The Morgan fingerprint density at radius 3 is 2.38 bits per heavy atom. The first-order chi connectivity index (χ1) is 11.5. The summed E-state index contributed by atoms with van der Waals surface area (Å²) in [6.45, 7) is 0. The van der Waals surface area contributed by atoms with Crippen molar-refractivity contribution in [2.75, 3.05) is 30.9 Å². The van der Waals surface area contributed by atoms with Crippen molar-refractivity contribution in [3.63, 3.8) is 0 Å². The third-order valence-electron chi connectivity index (χ3n) is 3.85. The van der Waals surface area contributed by atoms with Crippen LogP contribution in [0.4, 0.5) is 22.9 Å². The minimum Gasteiger partial charge on any atom is -0.376 e. The number of fused-ring (bicyclic) bond motifs is 1. The molecule has 0 amide bonds. The average molecular weight is 323 g/mol. The van der Waals surface area contributed by atoms with Gasteiger partial charge < -0.3 is 9.80 Å². The zero-order valence-corrected chi connectivity index (χ0v) is 13.7. The summed E-state index contributed by atoms with van der Waals surface area (Å²) < 4.78 is 0. The molecule has 3 aromatic rings. The van der Waals surface area contributed by atoms with E-state index in [0.29, 0.717) is 16.7 Å². The molecule has 3 rings (SSSR count). The van der Waals surface area contributed by atoms with E-state index in [-0.39, 0.29) is 5.69 Å². The number of hydrogen-bond donors (Lipinski definition) is 0. The van der Waals surface area contributed by atoms with Crippen LogP contribution in [0.25, 0.3) is 10.9 Å². The van der Waals surface area contributed by atoms with Crippen molar-refractivity contribution in [2.45, 2.75) is 0 Å². The maximum absolute atomic E-state index is 11.1. The molecule has 0 fully saturated rings. The molecule has 1 heterocycles. The van der Waals surface area contributed by atoms with Crippen LogP contribution in [0, 0.1) is 10.1 Å². The lowest BCUT2D eigenvalue weighted by Gasteiger charge is -2.25. The van der Waals surface area contributed by atoms with E-state index in [1.165, 1.54) is 18.5 Å². The van der Waals surface area contributed by atoms with Gasteiger partial charge in [-0.25, -0.2) is 9.97 Å². The first-order valence-electron chi connectivity index (χ1n) is 7.38. The SMILES string of the molecule is CN(C)c1ccccc1N(C)c1ncnc2ccc([N+](=O)[O-])cc12. The van der Waals surface area contributed by atoms with Crippen LogP contribution in [-0.2, 0) is 0 Å². The maximum Gasteiger partial charge on any atom is 0.270 e. The minimum atomic E-state index is -0.413. The summed E-state index contributed by atoms with van der Waals surface area (Å²) in [5.74, 6) is 0.623. The molecule has 0 saturated heterocycles. The summed E-state index contributed by atoms with van der Waals surface area (Å²) in [5, 5.41) is 11.7. The zero-order chi connectivity index (χ0) is 17.3. The second-order valence-corrected chi connectivity index (χ2v) is 5.60. The number of hydrogen-bond acceptors (Lipinski definition) is 6. The normalized spacial score (nSPS) is 10.6. The summed E-state index contributed by atoms with van der Waals surface area (Å²) in [4.78, 5) is 23.2. The molecule has 0 atom stereocenters. The Hall–Kier alpha value is -3.22. The Kier molecular flexibility index (Phi) is 3.99. The number of non-ortho nitro benzene ring substituents is 1. The molecule has 7 heteroatoms. The highest BCUT2D eigenvalue weighted by Crippen LogP contribution is 2.35. The molecule has 0 aliphatic carbocycles. The quantitative estimate of drug-likeness (QED) is 0.541. The van der Waals surface area contributed by atoms with Crippen molar-refractivity contribution in [3.8, 4) is 0 Å². The van der Waals surface area contributed by atoms with Gasteiger partial charge in [0.15, 0.2) is 0 Å². The van der Waals surface area contributed by atoms with Crippen molar-refractivity contribution in [1.29, 1.82) is 0 Å². The van der Waals surface area contributed by atoms with Gasteiger partial charge in [-0.05, 0) is 18.2 Å². The van der Waals surface area contributed by atoms with Gasteiger partial charge in [-0.15, -0.1) is 0 Å². The topological polar surface area (TPSA) is 75.4 Å². The van der Waals surface area contributed by atoms with Gasteiger partial charge in [0.2, 0.25) is 0 Å². The lowest BCUT2D eigenvalue weighted by Crippen LogP contribution is -2.17. The van der Waals surface area contributed by atoms with E-state index in [2.05, 4.69) is 9.97 Å². The number of nitro benzene ring substituents is 1. The molecule has 0 N–H and O–H groups in total. The predicted octanol–water partition coefficient (Wildman–Crippen LogP) is 3.37. The number of benzene rings is 2. The van der Waals surface area contributed by atoms with Crippen molar-refractivity contribution < 1.29 is 4.92 Å². The molecule has 1 aromatic heterocycles. The first-order valence-corrected chi connectivity index (χ1v) is 7.38. The lowest BCUT2D eigenvalue weighted by atomic mass is 10.2. The third kappa shape index (κ3) is 2.71. The molecular formula is C17H17N5O2. The molecule has 0 bridgehead atoms. The molecule has 0 aliphatic heterocycles. The van der Waals surface area contributed by atoms with Crippen molar-refractivity contribution >= 4 is 33.8 Å². The van der Waals surface area contributed by atoms with Crippen LogP contribution >= 0.6 is 0 Å². The van der Waals surface area contributed by atoms with Crippen LogP contribution < -0.4 is 9.80 Å². The van der Waals surface area contributed by atoms with Crippen molar-refractivity contribution in [3.05, 3.63) is 58.9 Å². The predicted molar refractivity (Wildman–Crippen MR) is 95.0 cm³/mol. The van der Waals surface area contributed by atoms with E-state index < -0.39 is 4.92 Å². The highest BCUT2D eigenvalue weighted by atomic mass is 16.6. The number of rotatable bonds is 4. The van der Waals surface area contributed by atoms with Gasteiger partial charge in [0, 0.05) is 33.3 Å². The van der Waals surface area contributed by atoms with Crippen LogP contribution in [0.5, 0.6) is 0 Å². The minimum absolute atomic E-state index is 0.0212. The monoisotopic (exact) mass is 323 g/mol. The molecule has 7 nitrogen and oxygen atoms in total. The van der Waals surface area contributed by atoms with Gasteiger partial charge in [-0.3, -0.25) is 10.1 Å². The molecule has 122 valence electrons. The third-order valence-corrected chi connectivity index (χ3v) is 3.85. The smallest absolute Gasteiger partial charge is 0.270 e. The largest absolute Gasteiger partial charge is 0.376 e. The first kappa shape index (κ1) is 15.7. The van der Waals surface area contributed by atoms with Gasteiger partial charge in [0.05, 0.1) is 27.2 Å². The summed E-state index contributed by atoms with van der Waals surface area (Å²) in [5.41, 5.74) is 2.67. The van der Waals surface area contributed by atoms with Gasteiger partial charge in [0.25, 0.3) is 5.69 Å². The molecule has 0 unspecified atom stereocenters. The number of para-hydroxylation sites is 2. The summed E-state index contributed by atoms with van der Waals surface area (Å²) >= 11 is 0. The van der Waals surface area contributed by atoms with Crippen LogP contribution in [0.1, 0.15) is 0 Å². The number of nitro groups is 1. The Balaban J connectivity index is 2.19. The van der Waals surface area contributed by atoms with E-state index in [1.54, 1.807) is 6.07 Å². The fraction of sp³-hybridized carbons (Fsp3) is 0.176. The van der Waals surface area contributed by atoms with Crippen molar-refractivity contribution in [1.82, 2.24) is 9.97 Å². The van der Waals surface area contributed by atoms with Crippen LogP contribution in [0.2, 0.25) is 0 Å². The summed E-state index contributed by atoms with van der Waals surface area (Å²) in [6.07, 6.45) is 1.47. The highest BCUT2D eigenvalue weighted by Gasteiger charge is 2.16. The molecule has 0 saturated carbocycles. The van der Waals surface area contributed by atoms with E-state index in [1.807, 2.05) is 55.2 Å². The standard InChI is InChI=1S/C17H17N5O2/c1-20(2)15-6-4-5-7-16(15)21(3)17-13-10-12(22(23)24)8-9-14(13)18-11-19-17/h4-11H,1-3H3. The van der Waals surface area contributed by atoms with Gasteiger partial charge in [-0.2, -0.15) is 0 Å². The molecule has 0 spiro atoms. The Morgan fingerprint density at radius 1 is 1.00 bits per heavy atom. The summed E-state index contributed by atoms with van der Waals surface area (Å²) in [7, 11) is 5.83. The molecule has 0 radical (unpaired) electrons. The van der Waals surface area contributed by atoms with Gasteiger partial charge in [-0.1, -0.05) is 12.1 Å². The number of nitrogens with zero attached hydrogens (tertiary/aromatic N) is 5. The molecular weight excluding hydrogens is 306 g/mol. The lowest BCUT2D eigenvalue weighted by molar-refractivity contribution is -0.384. The molecule has 0 aliphatic rings. The average Bonchev–Trinajstić information content (AvgIpc) is 2.60. The van der Waals surface area contributed by atoms with E-state index in [4.69, 9.17) is 0 Å². The van der Waals surface area contributed by atoms with E-state index >= 15 is 0 Å². The summed E-state index contributed by atoms with van der Waals surface area (Å²) in [6, 6.07) is 12.5. The Labute approximate surface area is 139 Å². The second kappa shape index (κ2) is 6.11. The number of aromatic nitrogens is 2.